The second-order valence-electron chi connectivity index (χ2n) is 6.65. The van der Waals surface area contributed by atoms with E-state index in [2.05, 4.69) is 19.9 Å². The summed E-state index contributed by atoms with van der Waals surface area (Å²) < 4.78 is 13.1. The van der Waals surface area contributed by atoms with Crippen LogP contribution in [-0.4, -0.2) is 44.4 Å². The van der Waals surface area contributed by atoms with Crippen molar-refractivity contribution in [2.45, 2.75) is 44.8 Å². The predicted molar refractivity (Wildman–Crippen MR) is 90.3 cm³/mol. The van der Waals surface area contributed by atoms with Gasteiger partial charge in [-0.15, -0.1) is 0 Å². The first kappa shape index (κ1) is 15.9. The Labute approximate surface area is 145 Å². The van der Waals surface area contributed by atoms with Gasteiger partial charge in [0.2, 0.25) is 11.9 Å². The van der Waals surface area contributed by atoms with Crippen LogP contribution in [0.25, 0.3) is 0 Å². The van der Waals surface area contributed by atoms with Gasteiger partial charge in [0.15, 0.2) is 5.82 Å². The van der Waals surface area contributed by atoms with E-state index in [-0.39, 0.29) is 18.0 Å². The number of likely N-dealkylation sites (tertiary alicyclic amines) is 1. The Morgan fingerprint density at radius 3 is 2.76 bits per heavy atom. The molecule has 2 atom stereocenters. The summed E-state index contributed by atoms with van der Waals surface area (Å²) in [5.74, 6) is 0.272. The molecule has 2 saturated heterocycles. The highest BCUT2D eigenvalue weighted by Gasteiger charge is 2.44. The van der Waals surface area contributed by atoms with Crippen LogP contribution in [0.4, 0.5) is 10.3 Å². The second-order valence-corrected chi connectivity index (χ2v) is 6.65. The molecular weight excluding hydrogens is 321 g/mol. The first-order valence-electron chi connectivity index (χ1n) is 8.58. The molecule has 0 aliphatic carbocycles. The van der Waals surface area contributed by atoms with E-state index in [0.717, 1.165) is 30.8 Å². The van der Waals surface area contributed by atoms with Crippen molar-refractivity contribution >= 4 is 11.9 Å². The molecule has 2 aliphatic rings. The average Bonchev–Trinajstić information content (AvgIpc) is 3.02. The molecule has 2 aromatic heterocycles. The highest BCUT2D eigenvalue weighted by atomic mass is 19.1. The lowest BCUT2D eigenvalue weighted by molar-refractivity contribution is -0.137. The molecule has 0 N–H and O–H groups in total. The van der Waals surface area contributed by atoms with Crippen LogP contribution < -0.4 is 4.90 Å². The summed E-state index contributed by atoms with van der Waals surface area (Å²) in [4.78, 5) is 29.3. The molecule has 0 radical (unpaired) electrons. The number of hydrogen-bond donors (Lipinski definition) is 0. The Morgan fingerprint density at radius 2 is 2.00 bits per heavy atom. The first-order chi connectivity index (χ1) is 12.1. The molecule has 4 heterocycles. The molecule has 25 heavy (non-hydrogen) atoms. The van der Waals surface area contributed by atoms with Crippen LogP contribution in [0.15, 0.2) is 30.6 Å². The molecule has 0 unspecified atom stereocenters. The van der Waals surface area contributed by atoms with Crippen LogP contribution in [-0.2, 0) is 11.3 Å². The molecule has 0 bridgehead atoms. The predicted octanol–water partition coefficient (Wildman–Crippen LogP) is 2.09. The van der Waals surface area contributed by atoms with Gasteiger partial charge < -0.3 is 9.80 Å². The zero-order valence-corrected chi connectivity index (χ0v) is 14.1. The molecular formula is C18H20FN5O. The Kier molecular flexibility index (Phi) is 4.07. The van der Waals surface area contributed by atoms with Crippen molar-refractivity contribution in [2.24, 2.45) is 0 Å². The Morgan fingerprint density at radius 1 is 1.20 bits per heavy atom. The van der Waals surface area contributed by atoms with Crippen LogP contribution >= 0.6 is 0 Å². The summed E-state index contributed by atoms with van der Waals surface area (Å²) in [6.45, 7) is 3.25. The van der Waals surface area contributed by atoms with Crippen LogP contribution in [0.1, 0.15) is 30.7 Å². The van der Waals surface area contributed by atoms with Gasteiger partial charge in [0, 0.05) is 18.7 Å². The number of aromatic nitrogens is 3. The van der Waals surface area contributed by atoms with Crippen LogP contribution in [0.5, 0.6) is 0 Å². The average molecular weight is 341 g/mol. The highest BCUT2D eigenvalue weighted by Crippen LogP contribution is 2.34. The molecule has 2 aromatic rings. The number of carbonyl (C=O) groups excluding carboxylic acids is 1. The number of piperidine rings is 1. The number of fused-ring (bicyclic) bond motifs is 1. The number of halogens is 1. The monoisotopic (exact) mass is 341 g/mol. The quantitative estimate of drug-likeness (QED) is 0.855. The van der Waals surface area contributed by atoms with E-state index in [1.165, 1.54) is 12.4 Å². The van der Waals surface area contributed by atoms with Crippen LogP contribution in [0, 0.1) is 12.7 Å². The number of pyridine rings is 1. The van der Waals surface area contributed by atoms with E-state index in [1.54, 1.807) is 0 Å². The number of anilines is 1. The third kappa shape index (κ3) is 3.06. The fourth-order valence-corrected chi connectivity index (χ4v) is 3.92. The SMILES string of the molecule is Cc1cccc(CN2C(=O)CC[C@@H]3[C@H]2CCN3c2ncc(F)cn2)n1. The van der Waals surface area contributed by atoms with Gasteiger partial charge in [-0.1, -0.05) is 6.07 Å². The Bertz CT molecular complexity index is 781. The Balaban J connectivity index is 1.56. The second kappa shape index (κ2) is 6.38. The van der Waals surface area contributed by atoms with E-state index in [4.69, 9.17) is 0 Å². The lowest BCUT2D eigenvalue weighted by Crippen LogP contribution is -2.52. The first-order valence-corrected chi connectivity index (χ1v) is 8.58. The molecule has 0 saturated carbocycles. The van der Waals surface area contributed by atoms with Gasteiger partial charge >= 0.3 is 0 Å². The number of hydrogen-bond acceptors (Lipinski definition) is 5. The van der Waals surface area contributed by atoms with Gasteiger partial charge in [-0.05, 0) is 31.9 Å². The summed E-state index contributed by atoms with van der Waals surface area (Å²) >= 11 is 0. The summed E-state index contributed by atoms with van der Waals surface area (Å²) in [5, 5.41) is 0. The maximum absolute atomic E-state index is 13.1. The fraction of sp³-hybridized carbons (Fsp3) is 0.444. The van der Waals surface area contributed by atoms with Gasteiger partial charge in [-0.25, -0.2) is 14.4 Å². The number of carbonyl (C=O) groups is 1. The molecule has 2 aliphatic heterocycles. The topological polar surface area (TPSA) is 62.2 Å². The lowest BCUT2D eigenvalue weighted by atomic mass is 9.96. The third-order valence-corrected chi connectivity index (χ3v) is 5.03. The van der Waals surface area contributed by atoms with Gasteiger partial charge in [-0.3, -0.25) is 9.78 Å². The molecule has 2 fully saturated rings. The number of rotatable bonds is 3. The van der Waals surface area contributed by atoms with Crippen molar-refractivity contribution in [3.63, 3.8) is 0 Å². The summed E-state index contributed by atoms with van der Waals surface area (Å²) in [6, 6.07) is 6.18. The summed E-state index contributed by atoms with van der Waals surface area (Å²) in [6.07, 6.45) is 4.53. The summed E-state index contributed by atoms with van der Waals surface area (Å²) in [7, 11) is 0. The van der Waals surface area contributed by atoms with Gasteiger partial charge in [0.25, 0.3) is 0 Å². The van der Waals surface area contributed by atoms with Gasteiger partial charge in [0.1, 0.15) is 0 Å². The number of nitrogens with zero attached hydrogens (tertiary/aromatic N) is 5. The third-order valence-electron chi connectivity index (χ3n) is 5.03. The van der Waals surface area contributed by atoms with Crippen molar-refractivity contribution in [1.29, 1.82) is 0 Å². The van der Waals surface area contributed by atoms with Crippen molar-refractivity contribution in [3.8, 4) is 0 Å². The molecule has 0 aromatic carbocycles. The molecule has 0 spiro atoms. The summed E-state index contributed by atoms with van der Waals surface area (Å²) in [5.41, 5.74) is 1.86. The van der Waals surface area contributed by atoms with Gasteiger partial charge in [0.05, 0.1) is 36.7 Å². The standard InChI is InChI=1S/C18H20FN5O/c1-12-3-2-4-14(22-12)11-24-16-7-8-23(15(16)5-6-17(24)25)18-20-9-13(19)10-21-18/h2-4,9-10,15-16H,5-8,11H2,1H3/t15-,16-/m1/s1. The largest absolute Gasteiger partial charge is 0.336 e. The normalized spacial score (nSPS) is 23.0. The van der Waals surface area contributed by atoms with E-state index < -0.39 is 5.82 Å². The zero-order valence-electron chi connectivity index (χ0n) is 14.1. The minimum atomic E-state index is -0.439. The molecule has 130 valence electrons. The zero-order chi connectivity index (χ0) is 17.4. The van der Waals surface area contributed by atoms with Crippen molar-refractivity contribution in [1.82, 2.24) is 19.9 Å². The van der Waals surface area contributed by atoms with E-state index in [9.17, 15) is 9.18 Å². The Hall–Kier alpha value is -2.57. The molecule has 1 amide bonds. The smallest absolute Gasteiger partial charge is 0.225 e. The highest BCUT2D eigenvalue weighted by molar-refractivity contribution is 5.78. The minimum absolute atomic E-state index is 0.122. The lowest BCUT2D eigenvalue weighted by Gasteiger charge is -2.39. The van der Waals surface area contributed by atoms with E-state index in [0.29, 0.717) is 18.9 Å². The molecule has 4 rings (SSSR count). The van der Waals surface area contributed by atoms with Crippen LogP contribution in [0.2, 0.25) is 0 Å². The number of amides is 1. The van der Waals surface area contributed by atoms with Gasteiger partial charge in [-0.2, -0.15) is 0 Å². The maximum atomic E-state index is 13.1. The molecule has 6 nitrogen and oxygen atoms in total. The van der Waals surface area contributed by atoms with E-state index >= 15 is 0 Å². The van der Waals surface area contributed by atoms with Crippen molar-refractivity contribution in [2.75, 3.05) is 11.4 Å². The number of aryl methyl sites for hydroxylation is 1. The maximum Gasteiger partial charge on any atom is 0.225 e. The van der Waals surface area contributed by atoms with Crippen LogP contribution in [0.3, 0.4) is 0 Å². The fourth-order valence-electron chi connectivity index (χ4n) is 3.92. The molecule has 7 heteroatoms. The van der Waals surface area contributed by atoms with Crippen molar-refractivity contribution in [3.05, 3.63) is 47.8 Å². The van der Waals surface area contributed by atoms with E-state index in [1.807, 2.05) is 30.0 Å². The minimum Gasteiger partial charge on any atom is -0.336 e. The van der Waals surface area contributed by atoms with Crippen molar-refractivity contribution < 1.29 is 9.18 Å².